The standard InChI is InChI=1S/C16H25ClFN/c1-4-6-8-12(5-2)11-15(19-3)16-13(17)9-7-10-14(16)18/h7,9-10,12,15,19H,4-6,8,11H2,1-3H3. The van der Waals surface area contributed by atoms with Crippen LogP contribution >= 0.6 is 11.6 Å². The van der Waals surface area contributed by atoms with Gasteiger partial charge < -0.3 is 5.32 Å². The molecule has 0 heterocycles. The third-order valence-corrected chi connectivity index (χ3v) is 4.14. The van der Waals surface area contributed by atoms with Gasteiger partial charge in [-0.2, -0.15) is 0 Å². The highest BCUT2D eigenvalue weighted by molar-refractivity contribution is 6.31. The van der Waals surface area contributed by atoms with Gasteiger partial charge >= 0.3 is 0 Å². The number of nitrogens with one attached hydrogen (secondary N) is 1. The highest BCUT2D eigenvalue weighted by atomic mass is 35.5. The van der Waals surface area contributed by atoms with Gasteiger partial charge in [0.1, 0.15) is 5.82 Å². The zero-order valence-electron chi connectivity index (χ0n) is 12.2. The summed E-state index contributed by atoms with van der Waals surface area (Å²) in [6, 6.07) is 4.90. The van der Waals surface area contributed by atoms with Crippen LogP contribution in [0.4, 0.5) is 4.39 Å². The second-order valence-corrected chi connectivity index (χ2v) is 5.54. The average molecular weight is 286 g/mol. The molecule has 0 spiro atoms. The second-order valence-electron chi connectivity index (χ2n) is 5.13. The van der Waals surface area contributed by atoms with E-state index in [2.05, 4.69) is 19.2 Å². The van der Waals surface area contributed by atoms with Crippen LogP contribution < -0.4 is 5.32 Å². The molecule has 19 heavy (non-hydrogen) atoms. The molecule has 0 saturated heterocycles. The molecule has 0 radical (unpaired) electrons. The van der Waals surface area contributed by atoms with Gasteiger partial charge in [-0.25, -0.2) is 4.39 Å². The first kappa shape index (κ1) is 16.5. The van der Waals surface area contributed by atoms with Gasteiger partial charge in [-0.3, -0.25) is 0 Å². The van der Waals surface area contributed by atoms with E-state index in [0.29, 0.717) is 16.5 Å². The maximum atomic E-state index is 14.0. The molecule has 0 amide bonds. The molecule has 0 aromatic heterocycles. The summed E-state index contributed by atoms with van der Waals surface area (Å²) in [5, 5.41) is 3.74. The van der Waals surface area contributed by atoms with E-state index in [9.17, 15) is 4.39 Å². The molecule has 2 atom stereocenters. The quantitative estimate of drug-likeness (QED) is 0.679. The Hall–Kier alpha value is -0.600. The van der Waals surface area contributed by atoms with Gasteiger partial charge in [-0.05, 0) is 31.5 Å². The summed E-state index contributed by atoms with van der Waals surface area (Å²) in [6.07, 6.45) is 5.72. The number of hydrogen-bond donors (Lipinski definition) is 1. The lowest BCUT2D eigenvalue weighted by Gasteiger charge is -2.24. The second kappa shape index (κ2) is 8.55. The minimum Gasteiger partial charge on any atom is -0.313 e. The lowest BCUT2D eigenvalue weighted by molar-refractivity contribution is 0.359. The summed E-state index contributed by atoms with van der Waals surface area (Å²) >= 11 is 6.15. The first-order chi connectivity index (χ1) is 9.13. The fourth-order valence-electron chi connectivity index (χ4n) is 2.54. The third kappa shape index (κ3) is 4.77. The molecule has 0 aliphatic rings. The highest BCUT2D eigenvalue weighted by Gasteiger charge is 2.20. The van der Waals surface area contributed by atoms with Crippen molar-refractivity contribution in [2.24, 2.45) is 5.92 Å². The molecule has 0 bridgehead atoms. The van der Waals surface area contributed by atoms with Gasteiger partial charge in [0.15, 0.2) is 0 Å². The normalized spacial score (nSPS) is 14.4. The zero-order chi connectivity index (χ0) is 14.3. The van der Waals surface area contributed by atoms with E-state index in [4.69, 9.17) is 11.6 Å². The van der Waals surface area contributed by atoms with Gasteiger partial charge in [0.25, 0.3) is 0 Å². The molecule has 1 N–H and O–H groups in total. The Morgan fingerprint density at radius 1 is 1.32 bits per heavy atom. The summed E-state index contributed by atoms with van der Waals surface area (Å²) in [6.45, 7) is 4.41. The monoisotopic (exact) mass is 285 g/mol. The molecule has 1 aromatic carbocycles. The Labute approximate surface area is 121 Å². The van der Waals surface area contributed by atoms with Crippen LogP contribution in [0.5, 0.6) is 0 Å². The van der Waals surface area contributed by atoms with Crippen LogP contribution in [0.25, 0.3) is 0 Å². The first-order valence-electron chi connectivity index (χ1n) is 7.25. The molecule has 0 saturated carbocycles. The topological polar surface area (TPSA) is 12.0 Å². The minimum atomic E-state index is -0.211. The van der Waals surface area contributed by atoms with Crippen LogP contribution in [0.2, 0.25) is 5.02 Å². The predicted octanol–water partition coefficient (Wildman–Crippen LogP) is 5.35. The van der Waals surface area contributed by atoms with Crippen LogP contribution in [-0.2, 0) is 0 Å². The lowest BCUT2D eigenvalue weighted by atomic mass is 9.89. The van der Waals surface area contributed by atoms with Gasteiger partial charge in [0.2, 0.25) is 0 Å². The maximum Gasteiger partial charge on any atom is 0.129 e. The van der Waals surface area contributed by atoms with Crippen molar-refractivity contribution in [3.05, 3.63) is 34.6 Å². The highest BCUT2D eigenvalue weighted by Crippen LogP contribution is 2.32. The van der Waals surface area contributed by atoms with E-state index in [1.165, 1.54) is 25.3 Å². The summed E-state index contributed by atoms with van der Waals surface area (Å²) in [7, 11) is 1.87. The van der Waals surface area contributed by atoms with Crippen LogP contribution in [0, 0.1) is 11.7 Å². The SMILES string of the molecule is CCCCC(CC)CC(NC)c1c(F)cccc1Cl. The van der Waals surface area contributed by atoms with E-state index < -0.39 is 0 Å². The van der Waals surface area contributed by atoms with Crippen molar-refractivity contribution in [1.29, 1.82) is 0 Å². The summed E-state index contributed by atoms with van der Waals surface area (Å²) in [4.78, 5) is 0. The van der Waals surface area contributed by atoms with Crippen molar-refractivity contribution in [1.82, 2.24) is 5.32 Å². The van der Waals surface area contributed by atoms with E-state index >= 15 is 0 Å². The van der Waals surface area contributed by atoms with Gasteiger partial charge in [0.05, 0.1) is 0 Å². The summed E-state index contributed by atoms with van der Waals surface area (Å²) in [5.74, 6) is 0.408. The van der Waals surface area contributed by atoms with Crippen molar-refractivity contribution in [2.75, 3.05) is 7.05 Å². The lowest BCUT2D eigenvalue weighted by Crippen LogP contribution is -2.21. The smallest absolute Gasteiger partial charge is 0.129 e. The van der Waals surface area contributed by atoms with Gasteiger partial charge in [-0.15, -0.1) is 0 Å². The summed E-state index contributed by atoms with van der Waals surface area (Å²) < 4.78 is 14.0. The van der Waals surface area contributed by atoms with Crippen LogP contribution in [-0.4, -0.2) is 7.05 Å². The van der Waals surface area contributed by atoms with Crippen LogP contribution in [0.3, 0.4) is 0 Å². The van der Waals surface area contributed by atoms with E-state index in [0.717, 1.165) is 12.8 Å². The zero-order valence-corrected chi connectivity index (χ0v) is 12.9. The largest absolute Gasteiger partial charge is 0.313 e. The number of halogens is 2. The molecule has 3 heteroatoms. The minimum absolute atomic E-state index is 0.00416. The fourth-order valence-corrected chi connectivity index (χ4v) is 2.83. The van der Waals surface area contributed by atoms with Gasteiger partial charge in [-0.1, -0.05) is 57.2 Å². The number of unbranched alkanes of at least 4 members (excludes halogenated alkanes) is 1. The van der Waals surface area contributed by atoms with Crippen molar-refractivity contribution in [3.63, 3.8) is 0 Å². The molecular formula is C16H25ClFN. The molecule has 1 aromatic rings. The van der Waals surface area contributed by atoms with E-state index in [1.807, 2.05) is 7.05 Å². The third-order valence-electron chi connectivity index (χ3n) is 3.81. The Morgan fingerprint density at radius 2 is 2.05 bits per heavy atom. The Balaban J connectivity index is 2.82. The maximum absolute atomic E-state index is 14.0. The molecule has 2 unspecified atom stereocenters. The van der Waals surface area contributed by atoms with E-state index in [-0.39, 0.29) is 11.9 Å². The van der Waals surface area contributed by atoms with E-state index in [1.54, 1.807) is 12.1 Å². The van der Waals surface area contributed by atoms with Gasteiger partial charge in [0, 0.05) is 16.6 Å². The predicted molar refractivity (Wildman–Crippen MR) is 81.1 cm³/mol. The average Bonchev–Trinajstić information content (AvgIpc) is 2.41. The Morgan fingerprint density at radius 3 is 2.58 bits per heavy atom. The fraction of sp³-hybridized carbons (Fsp3) is 0.625. The van der Waals surface area contributed by atoms with Crippen molar-refractivity contribution in [2.45, 2.75) is 52.0 Å². The number of hydrogen-bond acceptors (Lipinski definition) is 1. The van der Waals surface area contributed by atoms with Crippen molar-refractivity contribution in [3.8, 4) is 0 Å². The molecular weight excluding hydrogens is 261 g/mol. The number of rotatable bonds is 8. The van der Waals surface area contributed by atoms with Crippen molar-refractivity contribution < 1.29 is 4.39 Å². The molecule has 0 aliphatic heterocycles. The first-order valence-corrected chi connectivity index (χ1v) is 7.62. The molecule has 1 nitrogen and oxygen atoms in total. The molecule has 1 rings (SSSR count). The molecule has 108 valence electrons. The molecule has 0 fully saturated rings. The van der Waals surface area contributed by atoms with Crippen molar-refractivity contribution >= 4 is 11.6 Å². The summed E-state index contributed by atoms with van der Waals surface area (Å²) in [5.41, 5.74) is 0.613. The molecule has 0 aliphatic carbocycles. The van der Waals surface area contributed by atoms with Crippen LogP contribution in [0.15, 0.2) is 18.2 Å². The Kier molecular flexibility index (Phi) is 7.40. The van der Waals surface area contributed by atoms with Crippen LogP contribution in [0.1, 0.15) is 57.6 Å². The Bertz CT molecular complexity index is 361. The number of benzene rings is 1.